The zero-order valence-corrected chi connectivity index (χ0v) is 10.7. The fraction of sp³-hybridized carbons (Fsp3) is 0.214. The van der Waals surface area contributed by atoms with Crippen LogP contribution in [0.2, 0.25) is 0 Å². The van der Waals surface area contributed by atoms with Gasteiger partial charge >= 0.3 is 0 Å². The number of anilines is 2. The minimum Gasteiger partial charge on any atom is -0.340 e. The van der Waals surface area contributed by atoms with E-state index in [9.17, 15) is 4.39 Å². The third-order valence-corrected chi connectivity index (χ3v) is 3.14. The number of nitriles is 1. The molecule has 2 aromatic rings. The van der Waals surface area contributed by atoms with Gasteiger partial charge in [0.1, 0.15) is 17.7 Å². The molecular weight excluding hydrogens is 257 g/mol. The van der Waals surface area contributed by atoms with Gasteiger partial charge < -0.3 is 10.6 Å². The second-order valence-corrected chi connectivity index (χ2v) is 4.49. The van der Waals surface area contributed by atoms with Crippen molar-refractivity contribution in [2.75, 3.05) is 11.9 Å². The molecule has 1 aliphatic heterocycles. The minimum absolute atomic E-state index is 0.148. The van der Waals surface area contributed by atoms with Crippen molar-refractivity contribution < 1.29 is 4.39 Å². The lowest BCUT2D eigenvalue weighted by atomic mass is 10.1. The Kier molecular flexibility index (Phi) is 3.27. The summed E-state index contributed by atoms with van der Waals surface area (Å²) in [5, 5.41) is 15.4. The first kappa shape index (κ1) is 12.5. The fourth-order valence-corrected chi connectivity index (χ4v) is 2.17. The number of nitrogens with zero attached hydrogens (tertiary/aromatic N) is 3. The maximum atomic E-state index is 12.9. The van der Waals surface area contributed by atoms with Gasteiger partial charge in [-0.15, -0.1) is 0 Å². The summed E-state index contributed by atoms with van der Waals surface area (Å²) in [5.74, 6) is 0.459. The Morgan fingerprint density at radius 3 is 2.80 bits per heavy atom. The second kappa shape index (κ2) is 5.23. The van der Waals surface area contributed by atoms with Crippen LogP contribution in [0.15, 0.2) is 24.3 Å². The first-order chi connectivity index (χ1) is 9.76. The average Bonchev–Trinajstić information content (AvgIpc) is 2.49. The molecule has 3 rings (SSSR count). The smallest absolute Gasteiger partial charge is 0.234 e. The van der Waals surface area contributed by atoms with Crippen molar-refractivity contribution in [3.63, 3.8) is 0 Å². The summed E-state index contributed by atoms with van der Waals surface area (Å²) in [7, 11) is 0. The standard InChI is InChI=1S/C14H12FN5/c15-9-1-3-10(4-2-9)18-14-11-8-17-6-5-12(11)19-13(7-16)20-14/h1-4,17H,5-6,8H2,(H,18,19,20). The minimum atomic E-state index is -0.292. The summed E-state index contributed by atoms with van der Waals surface area (Å²) >= 11 is 0. The van der Waals surface area contributed by atoms with E-state index in [2.05, 4.69) is 20.6 Å². The summed E-state index contributed by atoms with van der Waals surface area (Å²) in [6.45, 7) is 1.50. The van der Waals surface area contributed by atoms with Crippen LogP contribution in [0.1, 0.15) is 17.1 Å². The van der Waals surface area contributed by atoms with E-state index in [0.29, 0.717) is 12.4 Å². The SMILES string of the molecule is N#Cc1nc2c(c(Nc3ccc(F)cc3)n1)CNCC2. The summed E-state index contributed by atoms with van der Waals surface area (Å²) in [6.07, 6.45) is 0.768. The predicted octanol–water partition coefficient (Wildman–Crippen LogP) is 1.88. The zero-order chi connectivity index (χ0) is 13.9. The summed E-state index contributed by atoms with van der Waals surface area (Å²) < 4.78 is 12.9. The maximum absolute atomic E-state index is 12.9. The number of halogens is 1. The van der Waals surface area contributed by atoms with Gasteiger partial charge in [0.25, 0.3) is 0 Å². The van der Waals surface area contributed by atoms with Gasteiger partial charge in [-0.2, -0.15) is 5.26 Å². The van der Waals surface area contributed by atoms with Crippen LogP contribution in [0.25, 0.3) is 0 Å². The first-order valence-corrected chi connectivity index (χ1v) is 6.29. The average molecular weight is 269 g/mol. The molecule has 0 amide bonds. The Morgan fingerprint density at radius 1 is 1.25 bits per heavy atom. The summed E-state index contributed by atoms with van der Waals surface area (Å²) in [5.41, 5.74) is 2.57. The van der Waals surface area contributed by atoms with Crippen LogP contribution < -0.4 is 10.6 Å². The van der Waals surface area contributed by atoms with E-state index in [1.54, 1.807) is 12.1 Å². The van der Waals surface area contributed by atoms with Crippen molar-refractivity contribution in [2.45, 2.75) is 13.0 Å². The van der Waals surface area contributed by atoms with Gasteiger partial charge in [-0.25, -0.2) is 14.4 Å². The molecule has 0 radical (unpaired) electrons. The topological polar surface area (TPSA) is 73.6 Å². The van der Waals surface area contributed by atoms with Crippen LogP contribution in [0, 0.1) is 17.1 Å². The molecule has 0 atom stereocenters. The number of fused-ring (bicyclic) bond motifs is 1. The van der Waals surface area contributed by atoms with Gasteiger partial charge in [-0.1, -0.05) is 0 Å². The summed E-state index contributed by atoms with van der Waals surface area (Å²) in [4.78, 5) is 8.44. The van der Waals surface area contributed by atoms with E-state index >= 15 is 0 Å². The highest BCUT2D eigenvalue weighted by molar-refractivity contribution is 5.60. The molecule has 0 saturated carbocycles. The third kappa shape index (κ3) is 2.44. The molecule has 6 heteroatoms. The molecule has 2 heterocycles. The lowest BCUT2D eigenvalue weighted by molar-refractivity contribution is 0.626. The first-order valence-electron chi connectivity index (χ1n) is 6.29. The number of benzene rings is 1. The molecule has 1 aliphatic rings. The predicted molar refractivity (Wildman–Crippen MR) is 71.8 cm³/mol. The molecule has 5 nitrogen and oxygen atoms in total. The quantitative estimate of drug-likeness (QED) is 0.870. The highest BCUT2D eigenvalue weighted by Gasteiger charge is 2.17. The molecular formula is C14H12FN5. The van der Waals surface area contributed by atoms with Crippen molar-refractivity contribution in [1.82, 2.24) is 15.3 Å². The van der Waals surface area contributed by atoms with Crippen molar-refractivity contribution in [3.8, 4) is 6.07 Å². The van der Waals surface area contributed by atoms with E-state index in [1.165, 1.54) is 12.1 Å². The molecule has 0 aliphatic carbocycles. The van der Waals surface area contributed by atoms with Crippen LogP contribution >= 0.6 is 0 Å². The number of hydrogen-bond acceptors (Lipinski definition) is 5. The number of rotatable bonds is 2. The molecule has 0 fully saturated rings. The van der Waals surface area contributed by atoms with Gasteiger partial charge in [0.15, 0.2) is 0 Å². The second-order valence-electron chi connectivity index (χ2n) is 4.49. The van der Waals surface area contributed by atoms with Gasteiger partial charge in [0.2, 0.25) is 5.82 Å². The van der Waals surface area contributed by atoms with Crippen molar-refractivity contribution in [2.24, 2.45) is 0 Å². The van der Waals surface area contributed by atoms with Crippen LogP contribution in [0.5, 0.6) is 0 Å². The number of aromatic nitrogens is 2. The van der Waals surface area contributed by atoms with Crippen molar-refractivity contribution in [3.05, 3.63) is 47.2 Å². The molecule has 20 heavy (non-hydrogen) atoms. The monoisotopic (exact) mass is 269 g/mol. The normalized spacial score (nSPS) is 13.4. The molecule has 0 bridgehead atoms. The summed E-state index contributed by atoms with van der Waals surface area (Å²) in [6, 6.07) is 7.98. The largest absolute Gasteiger partial charge is 0.340 e. The molecule has 0 unspecified atom stereocenters. The lowest BCUT2D eigenvalue weighted by Gasteiger charge is -2.19. The van der Waals surface area contributed by atoms with Crippen LogP contribution in [0.3, 0.4) is 0 Å². The Balaban J connectivity index is 1.99. The van der Waals surface area contributed by atoms with Crippen LogP contribution in [-0.4, -0.2) is 16.5 Å². The Labute approximate surface area is 115 Å². The van der Waals surface area contributed by atoms with Gasteiger partial charge in [0, 0.05) is 30.8 Å². The zero-order valence-electron chi connectivity index (χ0n) is 10.7. The highest BCUT2D eigenvalue weighted by Crippen LogP contribution is 2.23. The van der Waals surface area contributed by atoms with Crippen molar-refractivity contribution in [1.29, 1.82) is 5.26 Å². The highest BCUT2D eigenvalue weighted by atomic mass is 19.1. The molecule has 2 N–H and O–H groups in total. The molecule has 0 spiro atoms. The molecule has 1 aromatic carbocycles. The van der Waals surface area contributed by atoms with Crippen LogP contribution in [-0.2, 0) is 13.0 Å². The third-order valence-electron chi connectivity index (χ3n) is 3.14. The van der Waals surface area contributed by atoms with E-state index < -0.39 is 0 Å². The molecule has 1 aromatic heterocycles. The Bertz CT molecular complexity index is 675. The molecule has 0 saturated heterocycles. The van der Waals surface area contributed by atoms with E-state index in [1.807, 2.05) is 6.07 Å². The fourth-order valence-electron chi connectivity index (χ4n) is 2.17. The van der Waals surface area contributed by atoms with Gasteiger partial charge in [0.05, 0.1) is 5.69 Å². The van der Waals surface area contributed by atoms with Gasteiger partial charge in [-0.3, -0.25) is 0 Å². The van der Waals surface area contributed by atoms with Gasteiger partial charge in [-0.05, 0) is 24.3 Å². The Hall–Kier alpha value is -2.52. The van der Waals surface area contributed by atoms with E-state index in [0.717, 1.165) is 29.9 Å². The lowest BCUT2D eigenvalue weighted by Crippen LogP contribution is -2.26. The van der Waals surface area contributed by atoms with E-state index in [-0.39, 0.29) is 11.6 Å². The molecule has 100 valence electrons. The maximum Gasteiger partial charge on any atom is 0.234 e. The van der Waals surface area contributed by atoms with E-state index in [4.69, 9.17) is 5.26 Å². The number of hydrogen-bond donors (Lipinski definition) is 2. The Morgan fingerprint density at radius 2 is 2.05 bits per heavy atom. The van der Waals surface area contributed by atoms with Crippen LogP contribution in [0.4, 0.5) is 15.9 Å². The van der Waals surface area contributed by atoms with Crippen molar-refractivity contribution >= 4 is 11.5 Å². The number of nitrogens with one attached hydrogen (secondary N) is 2.